The molecule has 0 aliphatic carbocycles. The molecule has 1 saturated heterocycles. The van der Waals surface area contributed by atoms with Gasteiger partial charge in [0.05, 0.1) is 0 Å². The lowest BCUT2D eigenvalue weighted by molar-refractivity contribution is -0.156. The quantitative estimate of drug-likeness (QED) is 0.568. The fourth-order valence-electron chi connectivity index (χ4n) is 1.91. The molecule has 1 fully saturated rings. The molecule has 0 aromatic rings. The number of halogens is 1. The molecule has 0 spiro atoms. The summed E-state index contributed by atoms with van der Waals surface area (Å²) in [6.45, 7) is 8.79. The number of piperazine rings is 1. The van der Waals surface area contributed by atoms with Crippen molar-refractivity contribution in [1.29, 1.82) is 0 Å². The lowest BCUT2D eigenvalue weighted by atomic mass is 9.97. The smallest absolute Gasteiger partial charge is 0.312 e. The van der Waals surface area contributed by atoms with Crippen LogP contribution in [0.3, 0.4) is 0 Å². The van der Waals surface area contributed by atoms with Gasteiger partial charge < -0.3 is 9.80 Å². The molecule has 0 saturated carbocycles. The summed E-state index contributed by atoms with van der Waals surface area (Å²) in [4.78, 5) is 26.9. The second-order valence-corrected chi connectivity index (χ2v) is 5.44. The average Bonchev–Trinajstić information content (AvgIpc) is 2.30. The van der Waals surface area contributed by atoms with Gasteiger partial charge in [0, 0.05) is 31.5 Å². The van der Waals surface area contributed by atoms with Crippen molar-refractivity contribution in [2.45, 2.75) is 20.8 Å². The highest BCUT2D eigenvalue weighted by molar-refractivity contribution is 9.09. The molecule has 17 heavy (non-hydrogen) atoms. The Kier molecular flexibility index (Phi) is 5.43. The fraction of sp³-hybridized carbons (Fsp3) is 0.833. The maximum atomic E-state index is 11.9. The van der Waals surface area contributed by atoms with Crippen LogP contribution >= 0.6 is 15.9 Å². The van der Waals surface area contributed by atoms with Gasteiger partial charge in [-0.25, -0.2) is 0 Å². The topological polar surface area (TPSA) is 40.6 Å². The van der Waals surface area contributed by atoms with E-state index in [9.17, 15) is 9.59 Å². The van der Waals surface area contributed by atoms with Crippen LogP contribution in [-0.4, -0.2) is 53.1 Å². The standard InChI is InChI=1S/C12H21BrN2O2/c1-4-14-5-6-15(12(17)11(14)16)8-10(7-13)9(2)3/h9-10H,4-8H2,1-3H3. The van der Waals surface area contributed by atoms with Crippen molar-refractivity contribution in [3.8, 4) is 0 Å². The van der Waals surface area contributed by atoms with Crippen molar-refractivity contribution in [3.63, 3.8) is 0 Å². The Morgan fingerprint density at radius 2 is 1.71 bits per heavy atom. The average molecular weight is 305 g/mol. The van der Waals surface area contributed by atoms with Gasteiger partial charge in [0.25, 0.3) is 0 Å². The zero-order valence-corrected chi connectivity index (χ0v) is 12.4. The minimum Gasteiger partial charge on any atom is -0.333 e. The van der Waals surface area contributed by atoms with E-state index >= 15 is 0 Å². The van der Waals surface area contributed by atoms with Crippen molar-refractivity contribution in [2.75, 3.05) is 31.5 Å². The highest BCUT2D eigenvalue weighted by Gasteiger charge is 2.32. The molecule has 5 heteroatoms. The van der Waals surface area contributed by atoms with Gasteiger partial charge in [-0.15, -0.1) is 0 Å². The predicted molar refractivity (Wildman–Crippen MR) is 71.0 cm³/mol. The van der Waals surface area contributed by atoms with Crippen LogP contribution in [0.2, 0.25) is 0 Å². The number of nitrogens with zero attached hydrogens (tertiary/aromatic N) is 2. The molecule has 1 aliphatic heterocycles. The summed E-state index contributed by atoms with van der Waals surface area (Å²) in [6.07, 6.45) is 0. The van der Waals surface area contributed by atoms with Gasteiger partial charge in [0.1, 0.15) is 0 Å². The van der Waals surface area contributed by atoms with Crippen molar-refractivity contribution in [1.82, 2.24) is 9.80 Å². The van der Waals surface area contributed by atoms with Crippen LogP contribution in [0.5, 0.6) is 0 Å². The first-order valence-electron chi connectivity index (χ1n) is 6.15. The number of alkyl halides is 1. The first-order valence-corrected chi connectivity index (χ1v) is 7.27. The van der Waals surface area contributed by atoms with Gasteiger partial charge in [-0.05, 0) is 18.8 Å². The Labute approximate surface area is 111 Å². The van der Waals surface area contributed by atoms with Crippen molar-refractivity contribution in [2.24, 2.45) is 11.8 Å². The molecule has 98 valence electrons. The van der Waals surface area contributed by atoms with Gasteiger partial charge >= 0.3 is 11.8 Å². The third kappa shape index (κ3) is 3.44. The van der Waals surface area contributed by atoms with E-state index in [-0.39, 0.29) is 11.8 Å². The molecule has 2 amide bonds. The lowest BCUT2D eigenvalue weighted by Crippen LogP contribution is -2.55. The highest BCUT2D eigenvalue weighted by Crippen LogP contribution is 2.17. The van der Waals surface area contributed by atoms with Gasteiger partial charge in [-0.2, -0.15) is 0 Å². The monoisotopic (exact) mass is 304 g/mol. The maximum absolute atomic E-state index is 11.9. The summed E-state index contributed by atoms with van der Waals surface area (Å²) in [5.41, 5.74) is 0. The number of likely N-dealkylation sites (N-methyl/N-ethyl adjacent to an activating group) is 1. The third-order valence-electron chi connectivity index (χ3n) is 3.37. The molecule has 1 unspecified atom stereocenters. The second kappa shape index (κ2) is 6.38. The lowest BCUT2D eigenvalue weighted by Gasteiger charge is -2.35. The normalized spacial score (nSPS) is 19.1. The minimum atomic E-state index is -0.351. The van der Waals surface area contributed by atoms with E-state index in [4.69, 9.17) is 0 Å². The number of amides is 2. The summed E-state index contributed by atoms with van der Waals surface area (Å²) in [7, 11) is 0. The Morgan fingerprint density at radius 1 is 1.18 bits per heavy atom. The first-order chi connectivity index (χ1) is 8.01. The highest BCUT2D eigenvalue weighted by atomic mass is 79.9. The molecule has 1 atom stereocenters. The zero-order valence-electron chi connectivity index (χ0n) is 10.8. The van der Waals surface area contributed by atoms with Crippen LogP contribution in [-0.2, 0) is 9.59 Å². The molecule has 0 radical (unpaired) electrons. The van der Waals surface area contributed by atoms with E-state index < -0.39 is 0 Å². The summed E-state index contributed by atoms with van der Waals surface area (Å²) >= 11 is 3.47. The van der Waals surface area contributed by atoms with E-state index in [1.54, 1.807) is 9.80 Å². The largest absolute Gasteiger partial charge is 0.333 e. The van der Waals surface area contributed by atoms with Gasteiger partial charge in [-0.3, -0.25) is 9.59 Å². The fourth-order valence-corrected chi connectivity index (χ4v) is 2.86. The number of carbonyl (C=O) groups is 2. The van der Waals surface area contributed by atoms with E-state index in [2.05, 4.69) is 29.8 Å². The van der Waals surface area contributed by atoms with Gasteiger partial charge in [0.15, 0.2) is 0 Å². The summed E-state index contributed by atoms with van der Waals surface area (Å²) in [6, 6.07) is 0. The molecule has 1 aliphatic rings. The number of carbonyl (C=O) groups excluding carboxylic acids is 2. The van der Waals surface area contributed by atoms with E-state index in [1.165, 1.54) is 0 Å². The van der Waals surface area contributed by atoms with Crippen molar-refractivity contribution >= 4 is 27.7 Å². The molecule has 0 aromatic heterocycles. The van der Waals surface area contributed by atoms with Crippen LogP contribution in [0.4, 0.5) is 0 Å². The van der Waals surface area contributed by atoms with E-state index in [1.807, 2.05) is 6.92 Å². The second-order valence-electron chi connectivity index (χ2n) is 4.79. The van der Waals surface area contributed by atoms with Gasteiger partial charge in [0.2, 0.25) is 0 Å². The Balaban J connectivity index is 2.62. The van der Waals surface area contributed by atoms with Crippen molar-refractivity contribution in [3.05, 3.63) is 0 Å². The molecule has 0 N–H and O–H groups in total. The molecular weight excluding hydrogens is 284 g/mol. The van der Waals surface area contributed by atoms with Crippen LogP contribution < -0.4 is 0 Å². The SMILES string of the molecule is CCN1CCN(CC(CBr)C(C)C)C(=O)C1=O. The molecule has 4 nitrogen and oxygen atoms in total. The van der Waals surface area contributed by atoms with Crippen LogP contribution in [0.25, 0.3) is 0 Å². The molecule has 0 bridgehead atoms. The first kappa shape index (κ1) is 14.5. The number of hydrogen-bond acceptors (Lipinski definition) is 2. The Morgan fingerprint density at radius 3 is 2.18 bits per heavy atom. The molecule has 0 aromatic carbocycles. The molecular formula is C12H21BrN2O2. The number of hydrogen-bond donors (Lipinski definition) is 0. The van der Waals surface area contributed by atoms with E-state index in [0.29, 0.717) is 38.0 Å². The number of rotatable bonds is 5. The van der Waals surface area contributed by atoms with E-state index in [0.717, 1.165) is 5.33 Å². The summed E-state index contributed by atoms with van der Waals surface area (Å²) < 4.78 is 0. The van der Waals surface area contributed by atoms with Crippen LogP contribution in [0.15, 0.2) is 0 Å². The minimum absolute atomic E-state index is 0.343. The molecule has 1 rings (SSSR count). The zero-order chi connectivity index (χ0) is 13.0. The van der Waals surface area contributed by atoms with Gasteiger partial charge in [-0.1, -0.05) is 29.8 Å². The molecule has 1 heterocycles. The van der Waals surface area contributed by atoms with Crippen LogP contribution in [0.1, 0.15) is 20.8 Å². The third-order valence-corrected chi connectivity index (χ3v) is 4.21. The summed E-state index contributed by atoms with van der Waals surface area (Å²) in [5.74, 6) is 0.210. The van der Waals surface area contributed by atoms with Crippen LogP contribution in [0, 0.1) is 11.8 Å². The summed E-state index contributed by atoms with van der Waals surface area (Å²) in [5, 5.41) is 0.861. The van der Waals surface area contributed by atoms with Crippen molar-refractivity contribution < 1.29 is 9.59 Å². The predicted octanol–water partition coefficient (Wildman–Crippen LogP) is 1.34. The Bertz CT molecular complexity index is 294. The Hall–Kier alpha value is -0.580. The maximum Gasteiger partial charge on any atom is 0.312 e.